The predicted molar refractivity (Wildman–Crippen MR) is 56.4 cm³/mol. The predicted octanol–water partition coefficient (Wildman–Crippen LogP) is 1.87. The summed E-state index contributed by atoms with van der Waals surface area (Å²) in [5, 5.41) is 0. The van der Waals surface area contributed by atoms with Crippen molar-refractivity contribution in [3.05, 3.63) is 35.1 Å². The summed E-state index contributed by atoms with van der Waals surface area (Å²) in [5.41, 5.74) is 12.9. The van der Waals surface area contributed by atoms with E-state index in [4.69, 9.17) is 11.5 Å². The molecule has 0 heterocycles. The molecule has 0 radical (unpaired) electrons. The Balaban J connectivity index is 2.79. The van der Waals surface area contributed by atoms with Crippen molar-refractivity contribution in [3.8, 4) is 0 Å². The molecule has 0 spiro atoms. The van der Waals surface area contributed by atoms with E-state index < -0.39 is 0 Å². The van der Waals surface area contributed by atoms with Crippen LogP contribution >= 0.6 is 0 Å². The molecular weight excluding hydrogens is 179 g/mol. The summed E-state index contributed by atoms with van der Waals surface area (Å²) in [5.74, 6) is -0.189. The highest BCUT2D eigenvalue weighted by atomic mass is 19.1. The van der Waals surface area contributed by atoms with Gasteiger partial charge in [0, 0.05) is 6.04 Å². The summed E-state index contributed by atoms with van der Waals surface area (Å²) >= 11 is 0. The molecule has 3 heteroatoms. The molecule has 1 atom stereocenters. The van der Waals surface area contributed by atoms with Crippen LogP contribution in [0.1, 0.15) is 30.0 Å². The average molecular weight is 196 g/mol. The van der Waals surface area contributed by atoms with Gasteiger partial charge in [0.2, 0.25) is 0 Å². The van der Waals surface area contributed by atoms with Gasteiger partial charge in [-0.05, 0) is 43.5 Å². The second-order valence-corrected chi connectivity index (χ2v) is 3.49. The molecule has 0 unspecified atom stereocenters. The fourth-order valence-electron chi connectivity index (χ4n) is 1.52. The third kappa shape index (κ3) is 2.53. The molecule has 1 aromatic carbocycles. The molecule has 0 aromatic heterocycles. The van der Waals surface area contributed by atoms with Crippen LogP contribution in [0.3, 0.4) is 0 Å². The van der Waals surface area contributed by atoms with Crippen molar-refractivity contribution in [1.82, 2.24) is 0 Å². The largest absolute Gasteiger partial charge is 0.330 e. The molecule has 78 valence electrons. The van der Waals surface area contributed by atoms with Crippen LogP contribution in [-0.4, -0.2) is 6.54 Å². The molecule has 2 nitrogen and oxygen atoms in total. The van der Waals surface area contributed by atoms with Crippen molar-refractivity contribution >= 4 is 0 Å². The lowest BCUT2D eigenvalue weighted by Gasteiger charge is -2.14. The number of hydrogen-bond acceptors (Lipinski definition) is 2. The molecule has 0 bridgehead atoms. The fourth-order valence-corrected chi connectivity index (χ4v) is 1.52. The first-order valence-electron chi connectivity index (χ1n) is 4.87. The molecule has 0 saturated carbocycles. The Labute approximate surface area is 84.1 Å². The summed E-state index contributed by atoms with van der Waals surface area (Å²) in [7, 11) is 0. The van der Waals surface area contributed by atoms with Crippen molar-refractivity contribution in [3.63, 3.8) is 0 Å². The number of benzene rings is 1. The summed E-state index contributed by atoms with van der Waals surface area (Å²) in [6.45, 7) is 2.38. The minimum absolute atomic E-state index is 0.103. The van der Waals surface area contributed by atoms with Crippen LogP contribution in [0.25, 0.3) is 0 Å². The van der Waals surface area contributed by atoms with Gasteiger partial charge in [-0.15, -0.1) is 0 Å². The smallest absolute Gasteiger partial charge is 0.126 e. The monoisotopic (exact) mass is 196 g/mol. The van der Waals surface area contributed by atoms with E-state index >= 15 is 0 Å². The van der Waals surface area contributed by atoms with E-state index in [1.54, 1.807) is 13.0 Å². The molecular formula is C11H17FN2. The van der Waals surface area contributed by atoms with Crippen LogP contribution < -0.4 is 11.5 Å². The highest BCUT2D eigenvalue weighted by Crippen LogP contribution is 2.21. The third-order valence-corrected chi connectivity index (χ3v) is 2.43. The molecule has 0 aliphatic carbocycles. The van der Waals surface area contributed by atoms with E-state index in [1.807, 2.05) is 6.07 Å². The maximum atomic E-state index is 13.2. The Morgan fingerprint density at radius 2 is 2.14 bits per heavy atom. The summed E-state index contributed by atoms with van der Waals surface area (Å²) in [6, 6.07) is 4.92. The number of rotatable bonds is 4. The first-order chi connectivity index (χ1) is 6.66. The lowest BCUT2D eigenvalue weighted by atomic mass is 9.98. The van der Waals surface area contributed by atoms with Gasteiger partial charge < -0.3 is 11.5 Å². The first kappa shape index (κ1) is 11.1. The zero-order valence-corrected chi connectivity index (χ0v) is 8.46. The Hall–Kier alpha value is -0.930. The average Bonchev–Trinajstić information content (AvgIpc) is 2.18. The van der Waals surface area contributed by atoms with Crippen molar-refractivity contribution in [2.24, 2.45) is 11.5 Å². The minimum atomic E-state index is -0.189. The van der Waals surface area contributed by atoms with Crippen LogP contribution in [0.5, 0.6) is 0 Å². The second kappa shape index (κ2) is 5.08. The maximum Gasteiger partial charge on any atom is 0.126 e. The van der Waals surface area contributed by atoms with Gasteiger partial charge in [0.25, 0.3) is 0 Å². The zero-order chi connectivity index (χ0) is 10.6. The Bertz CT molecular complexity index is 299. The van der Waals surface area contributed by atoms with Crippen LogP contribution in [0.15, 0.2) is 18.2 Å². The van der Waals surface area contributed by atoms with Gasteiger partial charge in [0.1, 0.15) is 5.82 Å². The van der Waals surface area contributed by atoms with Crippen LogP contribution in [0.4, 0.5) is 4.39 Å². The molecule has 0 aliphatic rings. The molecule has 1 aromatic rings. The standard InChI is InChI=1S/C11H17FN2/c1-8-9(4-2-5-10(8)12)11(14)6-3-7-13/h2,4-5,11H,3,6-7,13-14H2,1H3/t11-/m0/s1. The normalized spacial score (nSPS) is 12.9. The fraction of sp³-hybridized carbons (Fsp3) is 0.455. The molecule has 0 fully saturated rings. The second-order valence-electron chi connectivity index (χ2n) is 3.49. The van der Waals surface area contributed by atoms with Gasteiger partial charge in [-0.1, -0.05) is 12.1 Å². The quantitative estimate of drug-likeness (QED) is 0.772. The number of halogens is 1. The molecule has 14 heavy (non-hydrogen) atoms. The van der Waals surface area contributed by atoms with Gasteiger partial charge in [0.15, 0.2) is 0 Å². The lowest BCUT2D eigenvalue weighted by molar-refractivity contribution is 0.587. The molecule has 1 rings (SSSR count). The van der Waals surface area contributed by atoms with Crippen LogP contribution in [0.2, 0.25) is 0 Å². The minimum Gasteiger partial charge on any atom is -0.330 e. The lowest BCUT2D eigenvalue weighted by Crippen LogP contribution is -2.14. The first-order valence-corrected chi connectivity index (χ1v) is 4.87. The van der Waals surface area contributed by atoms with E-state index in [2.05, 4.69) is 0 Å². The van der Waals surface area contributed by atoms with Gasteiger partial charge in [-0.25, -0.2) is 4.39 Å². The van der Waals surface area contributed by atoms with Gasteiger partial charge in [-0.2, -0.15) is 0 Å². The Morgan fingerprint density at radius 1 is 1.43 bits per heavy atom. The van der Waals surface area contributed by atoms with Crippen molar-refractivity contribution in [1.29, 1.82) is 0 Å². The SMILES string of the molecule is Cc1c(F)cccc1[C@@H](N)CCCN. The van der Waals surface area contributed by atoms with E-state index in [1.165, 1.54) is 6.07 Å². The Kier molecular flexibility index (Phi) is 4.04. The zero-order valence-electron chi connectivity index (χ0n) is 8.46. The van der Waals surface area contributed by atoms with Gasteiger partial charge >= 0.3 is 0 Å². The number of nitrogens with two attached hydrogens (primary N) is 2. The van der Waals surface area contributed by atoms with Crippen LogP contribution in [0, 0.1) is 12.7 Å². The van der Waals surface area contributed by atoms with Gasteiger partial charge in [0.05, 0.1) is 0 Å². The van der Waals surface area contributed by atoms with Crippen molar-refractivity contribution < 1.29 is 4.39 Å². The van der Waals surface area contributed by atoms with E-state index in [-0.39, 0.29) is 11.9 Å². The van der Waals surface area contributed by atoms with Crippen LogP contribution in [-0.2, 0) is 0 Å². The highest BCUT2D eigenvalue weighted by Gasteiger charge is 2.10. The van der Waals surface area contributed by atoms with E-state index in [9.17, 15) is 4.39 Å². The Morgan fingerprint density at radius 3 is 2.79 bits per heavy atom. The summed E-state index contributed by atoms with van der Waals surface area (Å²) < 4.78 is 13.2. The topological polar surface area (TPSA) is 52.0 Å². The highest BCUT2D eigenvalue weighted by molar-refractivity contribution is 5.29. The molecule has 0 saturated heterocycles. The molecule has 0 amide bonds. The third-order valence-electron chi connectivity index (χ3n) is 2.43. The van der Waals surface area contributed by atoms with E-state index in [0.717, 1.165) is 18.4 Å². The van der Waals surface area contributed by atoms with Crippen molar-refractivity contribution in [2.45, 2.75) is 25.8 Å². The molecule has 0 aliphatic heterocycles. The maximum absolute atomic E-state index is 13.2. The van der Waals surface area contributed by atoms with E-state index in [0.29, 0.717) is 12.1 Å². The van der Waals surface area contributed by atoms with Crippen molar-refractivity contribution in [2.75, 3.05) is 6.54 Å². The molecule has 4 N–H and O–H groups in total. The number of hydrogen-bond donors (Lipinski definition) is 2. The van der Waals surface area contributed by atoms with Gasteiger partial charge in [-0.3, -0.25) is 0 Å². The summed E-state index contributed by atoms with van der Waals surface area (Å²) in [4.78, 5) is 0. The summed E-state index contributed by atoms with van der Waals surface area (Å²) in [6.07, 6.45) is 1.68.